The van der Waals surface area contributed by atoms with E-state index in [1.54, 1.807) is 29.2 Å². The predicted octanol–water partition coefficient (Wildman–Crippen LogP) is 4.62. The SMILES string of the molecule is CC1CN(C(=O)c2ccc(NCc3nc(-c4ccc(C(F)(F)F)cc4)no3)cc2)CC(C)O1. The molecular formula is C23H23F3N4O3. The highest BCUT2D eigenvalue weighted by molar-refractivity contribution is 5.94. The molecule has 3 aromatic rings. The normalized spacial score (nSPS) is 18.9. The second-order valence-electron chi connectivity index (χ2n) is 7.99. The molecule has 1 aliphatic heterocycles. The van der Waals surface area contributed by atoms with E-state index in [0.29, 0.717) is 24.2 Å². The van der Waals surface area contributed by atoms with E-state index >= 15 is 0 Å². The monoisotopic (exact) mass is 460 g/mol. The number of hydrogen-bond donors (Lipinski definition) is 1. The number of nitrogens with one attached hydrogen (secondary N) is 1. The van der Waals surface area contributed by atoms with E-state index in [2.05, 4.69) is 15.5 Å². The Kier molecular flexibility index (Phi) is 6.37. The highest BCUT2D eigenvalue weighted by atomic mass is 19.4. The van der Waals surface area contributed by atoms with Gasteiger partial charge in [0.05, 0.1) is 24.3 Å². The molecule has 1 aliphatic rings. The number of halogens is 3. The van der Waals surface area contributed by atoms with Gasteiger partial charge in [0.1, 0.15) is 0 Å². The number of rotatable bonds is 5. The standard InChI is InChI=1S/C23H23F3N4O3/c1-14-12-30(13-15(2)32-14)22(31)17-5-9-19(10-6-17)27-11-20-28-21(29-33-20)16-3-7-18(8-4-16)23(24,25)26/h3-10,14-15,27H,11-13H2,1-2H3. The van der Waals surface area contributed by atoms with Crippen molar-refractivity contribution >= 4 is 11.6 Å². The van der Waals surface area contributed by atoms with Crippen LogP contribution >= 0.6 is 0 Å². The fourth-order valence-corrected chi connectivity index (χ4v) is 3.69. The Morgan fingerprint density at radius 3 is 2.30 bits per heavy atom. The molecule has 1 fully saturated rings. The first-order valence-electron chi connectivity index (χ1n) is 10.5. The second-order valence-corrected chi connectivity index (χ2v) is 7.99. The summed E-state index contributed by atoms with van der Waals surface area (Å²) in [4.78, 5) is 18.8. The first-order chi connectivity index (χ1) is 15.7. The van der Waals surface area contributed by atoms with E-state index in [-0.39, 0.29) is 36.4 Å². The number of nitrogens with zero attached hydrogens (tertiary/aromatic N) is 3. The van der Waals surface area contributed by atoms with Gasteiger partial charge in [-0.25, -0.2) is 0 Å². The molecular weight excluding hydrogens is 437 g/mol. The number of hydrogen-bond acceptors (Lipinski definition) is 6. The van der Waals surface area contributed by atoms with Gasteiger partial charge in [0.15, 0.2) is 0 Å². The van der Waals surface area contributed by atoms with Gasteiger partial charge in [-0.15, -0.1) is 0 Å². The molecule has 0 radical (unpaired) electrons. The largest absolute Gasteiger partial charge is 0.416 e. The van der Waals surface area contributed by atoms with E-state index in [9.17, 15) is 18.0 Å². The van der Waals surface area contributed by atoms with Crippen LogP contribution in [0.15, 0.2) is 53.1 Å². The lowest BCUT2D eigenvalue weighted by Crippen LogP contribution is -2.48. The van der Waals surface area contributed by atoms with Crippen molar-refractivity contribution in [1.29, 1.82) is 0 Å². The van der Waals surface area contributed by atoms with E-state index in [4.69, 9.17) is 9.26 Å². The highest BCUT2D eigenvalue weighted by Gasteiger charge is 2.30. The average molecular weight is 460 g/mol. The van der Waals surface area contributed by atoms with Gasteiger partial charge in [0.25, 0.3) is 5.91 Å². The molecule has 0 spiro atoms. The highest BCUT2D eigenvalue weighted by Crippen LogP contribution is 2.30. The second kappa shape index (κ2) is 9.22. The molecule has 0 saturated carbocycles. The van der Waals surface area contributed by atoms with Crippen LogP contribution in [0, 0.1) is 0 Å². The minimum atomic E-state index is -4.40. The van der Waals surface area contributed by atoms with Gasteiger partial charge in [0.2, 0.25) is 11.7 Å². The van der Waals surface area contributed by atoms with Crippen LogP contribution < -0.4 is 5.32 Å². The Balaban J connectivity index is 1.34. The van der Waals surface area contributed by atoms with Gasteiger partial charge in [0, 0.05) is 29.9 Å². The van der Waals surface area contributed by atoms with E-state index in [0.717, 1.165) is 17.8 Å². The lowest BCUT2D eigenvalue weighted by Gasteiger charge is -2.35. The quantitative estimate of drug-likeness (QED) is 0.599. The number of carbonyl (C=O) groups excluding carboxylic acids is 1. The minimum Gasteiger partial charge on any atom is -0.376 e. The van der Waals surface area contributed by atoms with Crippen molar-refractivity contribution in [3.8, 4) is 11.4 Å². The molecule has 2 heterocycles. The van der Waals surface area contributed by atoms with Crippen LogP contribution in [0.3, 0.4) is 0 Å². The fourth-order valence-electron chi connectivity index (χ4n) is 3.69. The van der Waals surface area contributed by atoms with Crippen LogP contribution in [0.1, 0.15) is 35.7 Å². The van der Waals surface area contributed by atoms with Crippen LogP contribution in [0.4, 0.5) is 18.9 Å². The molecule has 1 saturated heterocycles. The number of morpholine rings is 1. The summed E-state index contributed by atoms with van der Waals surface area (Å²) < 4.78 is 49.0. The van der Waals surface area contributed by atoms with Crippen molar-refractivity contribution in [2.45, 2.75) is 38.8 Å². The molecule has 2 unspecified atom stereocenters. The summed E-state index contributed by atoms with van der Waals surface area (Å²) in [5.41, 5.74) is 1.03. The van der Waals surface area contributed by atoms with E-state index in [1.807, 2.05) is 13.8 Å². The number of benzene rings is 2. The number of anilines is 1. The summed E-state index contributed by atoms with van der Waals surface area (Å²) in [5.74, 6) is 0.443. The topological polar surface area (TPSA) is 80.5 Å². The number of ether oxygens (including phenoxy) is 1. The zero-order valence-electron chi connectivity index (χ0n) is 18.1. The van der Waals surface area contributed by atoms with Crippen molar-refractivity contribution in [3.63, 3.8) is 0 Å². The molecule has 4 rings (SSSR count). The van der Waals surface area contributed by atoms with Crippen LogP contribution in [0.25, 0.3) is 11.4 Å². The number of aromatic nitrogens is 2. The third-order valence-corrected chi connectivity index (χ3v) is 5.22. The van der Waals surface area contributed by atoms with Crippen LogP contribution in [-0.2, 0) is 17.5 Å². The molecule has 1 amide bonds. The first-order valence-corrected chi connectivity index (χ1v) is 10.5. The Bertz CT molecular complexity index is 1090. The average Bonchev–Trinajstić information content (AvgIpc) is 3.25. The smallest absolute Gasteiger partial charge is 0.376 e. The summed E-state index contributed by atoms with van der Waals surface area (Å²) in [6.45, 7) is 5.23. The molecule has 0 bridgehead atoms. The van der Waals surface area contributed by atoms with Crippen molar-refractivity contribution in [3.05, 3.63) is 65.5 Å². The Morgan fingerprint density at radius 1 is 1.06 bits per heavy atom. The van der Waals surface area contributed by atoms with Gasteiger partial charge in [-0.2, -0.15) is 18.2 Å². The summed E-state index contributed by atoms with van der Waals surface area (Å²) in [7, 11) is 0. The molecule has 33 heavy (non-hydrogen) atoms. The maximum atomic E-state index is 12.7. The maximum absolute atomic E-state index is 12.7. The van der Waals surface area contributed by atoms with Crippen molar-refractivity contribution in [1.82, 2.24) is 15.0 Å². The zero-order valence-corrected chi connectivity index (χ0v) is 18.1. The lowest BCUT2D eigenvalue weighted by atomic mass is 10.1. The summed E-state index contributed by atoms with van der Waals surface area (Å²) in [6.07, 6.45) is -4.40. The third-order valence-electron chi connectivity index (χ3n) is 5.22. The number of alkyl halides is 3. The maximum Gasteiger partial charge on any atom is 0.416 e. The van der Waals surface area contributed by atoms with Gasteiger partial charge < -0.3 is 19.5 Å². The minimum absolute atomic E-state index is 0.000474. The van der Waals surface area contributed by atoms with Crippen LogP contribution in [0.5, 0.6) is 0 Å². The molecule has 2 atom stereocenters. The molecule has 7 nitrogen and oxygen atoms in total. The van der Waals surface area contributed by atoms with Gasteiger partial charge >= 0.3 is 6.18 Å². The Labute approximate surface area is 188 Å². The van der Waals surface area contributed by atoms with Crippen molar-refractivity contribution in [2.24, 2.45) is 0 Å². The Morgan fingerprint density at radius 2 is 1.70 bits per heavy atom. The lowest BCUT2D eigenvalue weighted by molar-refractivity contribution is -0.137. The third kappa shape index (κ3) is 5.51. The summed E-state index contributed by atoms with van der Waals surface area (Å²) in [5, 5.41) is 6.95. The molecule has 1 N–H and O–H groups in total. The number of carbonyl (C=O) groups is 1. The Hall–Kier alpha value is -3.40. The van der Waals surface area contributed by atoms with Gasteiger partial charge in [-0.3, -0.25) is 4.79 Å². The van der Waals surface area contributed by atoms with Gasteiger partial charge in [-0.05, 0) is 50.2 Å². The van der Waals surface area contributed by atoms with E-state index < -0.39 is 11.7 Å². The van der Waals surface area contributed by atoms with Crippen LogP contribution in [-0.4, -0.2) is 46.2 Å². The first kappa shape index (κ1) is 22.8. The molecule has 0 aliphatic carbocycles. The molecule has 10 heteroatoms. The summed E-state index contributed by atoms with van der Waals surface area (Å²) >= 11 is 0. The molecule has 1 aromatic heterocycles. The van der Waals surface area contributed by atoms with Crippen molar-refractivity contribution < 1.29 is 27.2 Å². The molecule has 2 aromatic carbocycles. The zero-order chi connectivity index (χ0) is 23.6. The predicted molar refractivity (Wildman–Crippen MR) is 114 cm³/mol. The van der Waals surface area contributed by atoms with E-state index in [1.165, 1.54) is 12.1 Å². The summed E-state index contributed by atoms with van der Waals surface area (Å²) in [6, 6.07) is 11.6. The molecule has 174 valence electrons. The fraction of sp³-hybridized carbons (Fsp3) is 0.348. The van der Waals surface area contributed by atoms with Gasteiger partial charge in [-0.1, -0.05) is 17.3 Å². The van der Waals surface area contributed by atoms with Crippen LogP contribution in [0.2, 0.25) is 0 Å². The number of amides is 1. The van der Waals surface area contributed by atoms with Crippen molar-refractivity contribution in [2.75, 3.05) is 18.4 Å².